The smallest absolute Gasteiger partial charge is 0.340 e. The summed E-state index contributed by atoms with van der Waals surface area (Å²) in [6.07, 6.45) is 2.70. The van der Waals surface area contributed by atoms with Crippen molar-refractivity contribution >= 4 is 17.6 Å². The van der Waals surface area contributed by atoms with Gasteiger partial charge in [0.1, 0.15) is 12.7 Å². The lowest BCUT2D eigenvalue weighted by atomic mass is 10.1. The molecule has 0 radical (unpaired) electrons. The van der Waals surface area contributed by atoms with Gasteiger partial charge in [0, 0.05) is 6.07 Å². The third kappa shape index (κ3) is 3.36. The molecule has 3 aromatic rings. The van der Waals surface area contributed by atoms with Crippen molar-refractivity contribution in [3.63, 3.8) is 0 Å². The van der Waals surface area contributed by atoms with Gasteiger partial charge in [0.15, 0.2) is 23.1 Å². The number of benzene rings is 1. The molecule has 1 amide bonds. The Morgan fingerprint density at radius 2 is 1.92 bits per heavy atom. The topological polar surface area (TPSA) is 112 Å². The van der Waals surface area contributed by atoms with E-state index < -0.39 is 23.5 Å². The maximum absolute atomic E-state index is 13.5. The van der Waals surface area contributed by atoms with Crippen molar-refractivity contribution in [3.8, 4) is 5.82 Å². The van der Waals surface area contributed by atoms with E-state index in [1.165, 1.54) is 29.5 Å². The number of aromatic nitrogens is 5. The van der Waals surface area contributed by atoms with E-state index in [1.807, 2.05) is 0 Å². The van der Waals surface area contributed by atoms with Crippen LogP contribution in [0, 0.1) is 11.6 Å². The van der Waals surface area contributed by atoms with E-state index >= 15 is 0 Å². The second-order valence-electron chi connectivity index (χ2n) is 4.87. The van der Waals surface area contributed by atoms with Crippen molar-refractivity contribution in [2.24, 2.45) is 0 Å². The van der Waals surface area contributed by atoms with Gasteiger partial charge in [0.2, 0.25) is 0 Å². The number of methoxy groups -OCH3 is 1. The summed E-state index contributed by atoms with van der Waals surface area (Å²) >= 11 is 0. The Hall–Kier alpha value is -3.76. The molecule has 11 heteroatoms. The monoisotopic (exact) mass is 360 g/mol. The molecule has 2 aromatic heterocycles. The lowest BCUT2D eigenvalue weighted by Gasteiger charge is -2.10. The molecule has 0 fully saturated rings. The van der Waals surface area contributed by atoms with Crippen LogP contribution in [-0.2, 0) is 4.74 Å². The zero-order valence-electron chi connectivity index (χ0n) is 13.2. The van der Waals surface area contributed by atoms with Crippen molar-refractivity contribution in [3.05, 3.63) is 59.8 Å². The van der Waals surface area contributed by atoms with Crippen molar-refractivity contribution in [1.29, 1.82) is 0 Å². The van der Waals surface area contributed by atoms with E-state index in [-0.39, 0.29) is 16.9 Å². The summed E-state index contributed by atoms with van der Waals surface area (Å²) in [6, 6.07) is 4.12. The fraction of sp³-hybridized carbons (Fsp3) is 0.0667. The minimum atomic E-state index is -1.25. The molecule has 0 aliphatic carbocycles. The Bertz CT molecular complexity index is 960. The molecule has 132 valence electrons. The second-order valence-corrected chi connectivity index (χ2v) is 4.87. The summed E-state index contributed by atoms with van der Waals surface area (Å²) in [5.41, 5.74) is -0.718. The number of anilines is 1. The molecule has 0 aliphatic heterocycles. The number of esters is 1. The van der Waals surface area contributed by atoms with Gasteiger partial charge in [-0.1, -0.05) is 0 Å². The van der Waals surface area contributed by atoms with Crippen molar-refractivity contribution in [1.82, 2.24) is 25.0 Å². The average molecular weight is 360 g/mol. The van der Waals surface area contributed by atoms with E-state index in [0.717, 1.165) is 7.11 Å². The summed E-state index contributed by atoms with van der Waals surface area (Å²) in [7, 11) is 1.07. The van der Waals surface area contributed by atoms with E-state index in [2.05, 4.69) is 30.3 Å². The molecule has 9 nitrogen and oxygen atoms in total. The average Bonchev–Trinajstić information content (AvgIpc) is 3.18. The number of amides is 1. The van der Waals surface area contributed by atoms with Crippen LogP contribution in [0.25, 0.3) is 5.82 Å². The van der Waals surface area contributed by atoms with Crippen LogP contribution < -0.4 is 5.32 Å². The maximum Gasteiger partial charge on any atom is 0.340 e. The third-order valence-electron chi connectivity index (χ3n) is 3.25. The van der Waals surface area contributed by atoms with E-state index in [0.29, 0.717) is 18.0 Å². The van der Waals surface area contributed by atoms with E-state index in [1.54, 1.807) is 0 Å². The predicted molar refractivity (Wildman–Crippen MR) is 82.6 cm³/mol. The Kier molecular flexibility index (Phi) is 4.60. The molecule has 0 saturated carbocycles. The van der Waals surface area contributed by atoms with Crippen LogP contribution in [0.4, 0.5) is 14.5 Å². The van der Waals surface area contributed by atoms with Crippen LogP contribution in [-0.4, -0.2) is 43.9 Å². The van der Waals surface area contributed by atoms with E-state index in [9.17, 15) is 18.4 Å². The molecule has 26 heavy (non-hydrogen) atoms. The molecule has 1 aromatic carbocycles. The van der Waals surface area contributed by atoms with Crippen molar-refractivity contribution in [2.75, 3.05) is 12.4 Å². The number of nitrogens with one attached hydrogen (secondary N) is 1. The maximum atomic E-state index is 13.5. The normalized spacial score (nSPS) is 10.4. The fourth-order valence-corrected chi connectivity index (χ4v) is 2.01. The number of ether oxygens (including phenoxy) is 1. The lowest BCUT2D eigenvalue weighted by Crippen LogP contribution is -2.18. The van der Waals surface area contributed by atoms with Crippen molar-refractivity contribution < 1.29 is 23.1 Å². The number of halogens is 2. The van der Waals surface area contributed by atoms with Crippen LogP contribution in [0.5, 0.6) is 0 Å². The zero-order chi connectivity index (χ0) is 18.7. The van der Waals surface area contributed by atoms with Gasteiger partial charge < -0.3 is 10.1 Å². The van der Waals surface area contributed by atoms with Gasteiger partial charge in [-0.25, -0.2) is 23.2 Å². The SMILES string of the molecule is COC(=O)c1cc(F)c(F)cc1NC(=O)c1ccc(-n2cncn2)nn1. The quantitative estimate of drug-likeness (QED) is 0.699. The number of hydrogen-bond donors (Lipinski definition) is 1. The molecular weight excluding hydrogens is 350 g/mol. The molecular formula is C15H10F2N6O3. The standard InChI is InChI=1S/C15H10F2N6O3/c1-26-15(25)8-4-9(16)10(17)5-12(8)20-14(24)11-2-3-13(22-21-11)23-7-18-6-19-23/h2-7H,1H3,(H,20,24). The highest BCUT2D eigenvalue weighted by atomic mass is 19.2. The van der Waals surface area contributed by atoms with Gasteiger partial charge in [0.25, 0.3) is 5.91 Å². The predicted octanol–water partition coefficient (Wildman–Crippen LogP) is 1.37. The van der Waals surface area contributed by atoms with Crippen LogP contribution in [0.3, 0.4) is 0 Å². The molecule has 1 N–H and O–H groups in total. The summed E-state index contributed by atoms with van der Waals surface area (Å²) in [6.45, 7) is 0. The Morgan fingerprint density at radius 1 is 1.15 bits per heavy atom. The third-order valence-corrected chi connectivity index (χ3v) is 3.25. The number of rotatable bonds is 4. The van der Waals surface area contributed by atoms with Crippen LogP contribution in [0.15, 0.2) is 36.9 Å². The van der Waals surface area contributed by atoms with E-state index in [4.69, 9.17) is 0 Å². The Labute approximate surface area is 144 Å². The van der Waals surface area contributed by atoms with Gasteiger partial charge >= 0.3 is 5.97 Å². The van der Waals surface area contributed by atoms with Gasteiger partial charge in [0.05, 0.1) is 18.4 Å². The molecule has 0 saturated heterocycles. The minimum Gasteiger partial charge on any atom is -0.465 e. The number of carbonyl (C=O) groups is 2. The molecule has 0 aliphatic rings. The lowest BCUT2D eigenvalue weighted by molar-refractivity contribution is 0.0601. The van der Waals surface area contributed by atoms with Crippen LogP contribution in [0.2, 0.25) is 0 Å². The highest BCUT2D eigenvalue weighted by Crippen LogP contribution is 2.21. The van der Waals surface area contributed by atoms with Crippen molar-refractivity contribution in [2.45, 2.75) is 0 Å². The molecule has 0 atom stereocenters. The molecule has 0 unspecified atom stereocenters. The minimum absolute atomic E-state index is 0.116. The van der Waals surface area contributed by atoms with Gasteiger partial charge in [-0.15, -0.1) is 10.2 Å². The second kappa shape index (κ2) is 7.01. The van der Waals surface area contributed by atoms with Gasteiger partial charge in [-0.05, 0) is 18.2 Å². The van der Waals surface area contributed by atoms with Gasteiger partial charge in [-0.2, -0.15) is 5.10 Å². The fourth-order valence-electron chi connectivity index (χ4n) is 2.01. The first-order valence-corrected chi connectivity index (χ1v) is 7.07. The largest absolute Gasteiger partial charge is 0.465 e. The van der Waals surface area contributed by atoms with Crippen LogP contribution in [0.1, 0.15) is 20.8 Å². The summed E-state index contributed by atoms with van der Waals surface area (Å²) in [5, 5.41) is 13.7. The van der Waals surface area contributed by atoms with Crippen LogP contribution >= 0.6 is 0 Å². The highest BCUT2D eigenvalue weighted by molar-refractivity contribution is 6.07. The summed E-state index contributed by atoms with van der Waals surface area (Å²) < 4.78 is 32.7. The zero-order valence-corrected chi connectivity index (χ0v) is 13.2. The molecule has 3 rings (SSSR count). The molecule has 0 spiro atoms. The number of hydrogen-bond acceptors (Lipinski definition) is 7. The summed E-state index contributed by atoms with van der Waals surface area (Å²) in [5.74, 6) is -3.88. The number of nitrogens with zero attached hydrogens (tertiary/aromatic N) is 5. The Morgan fingerprint density at radius 3 is 2.54 bits per heavy atom. The molecule has 0 bridgehead atoms. The first-order valence-electron chi connectivity index (χ1n) is 7.07. The first kappa shape index (κ1) is 17.1. The van der Waals surface area contributed by atoms with Gasteiger partial charge in [-0.3, -0.25) is 4.79 Å². The Balaban J connectivity index is 1.86. The first-order chi connectivity index (χ1) is 12.5. The summed E-state index contributed by atoms with van der Waals surface area (Å²) in [4.78, 5) is 27.7. The molecule has 2 heterocycles. The number of carbonyl (C=O) groups excluding carboxylic acids is 2. The highest BCUT2D eigenvalue weighted by Gasteiger charge is 2.19.